The summed E-state index contributed by atoms with van der Waals surface area (Å²) in [4.78, 5) is 17.8. The number of anilines is 1. The molecule has 0 saturated heterocycles. The molecular formula is C13H18BrN3O. The molecule has 0 bridgehead atoms. The molecule has 0 atom stereocenters. The topological polar surface area (TPSA) is 59.2 Å². The zero-order chi connectivity index (χ0) is 13.1. The van der Waals surface area contributed by atoms with Gasteiger partial charge < -0.3 is 10.6 Å². The second kappa shape index (κ2) is 5.69. The molecule has 98 valence electrons. The van der Waals surface area contributed by atoms with Crippen molar-refractivity contribution in [3.8, 4) is 0 Å². The molecule has 1 aliphatic carbocycles. The molecule has 1 saturated carbocycles. The minimum atomic E-state index is -0.300. The lowest BCUT2D eigenvalue weighted by atomic mass is 10.1. The highest BCUT2D eigenvalue weighted by molar-refractivity contribution is 9.10. The molecule has 2 N–H and O–H groups in total. The summed E-state index contributed by atoms with van der Waals surface area (Å²) in [7, 11) is 0. The molecule has 0 aliphatic heterocycles. The highest BCUT2D eigenvalue weighted by Gasteiger charge is 2.25. The molecule has 18 heavy (non-hydrogen) atoms. The van der Waals surface area contributed by atoms with Crippen molar-refractivity contribution in [3.63, 3.8) is 0 Å². The van der Waals surface area contributed by atoms with Crippen LogP contribution in [0.5, 0.6) is 0 Å². The maximum atomic E-state index is 11.3. The van der Waals surface area contributed by atoms with Crippen molar-refractivity contribution in [3.05, 3.63) is 22.3 Å². The Labute approximate surface area is 116 Å². The standard InChI is InChI=1S/C13H18BrN3O/c1-9-6-10(14)7-16-13(9)17(8-12(15)18)11-4-2-3-5-11/h6-7,11H,2-5,8H2,1H3,(H2,15,18). The summed E-state index contributed by atoms with van der Waals surface area (Å²) in [6, 6.07) is 2.41. The number of primary amides is 1. The third-order valence-electron chi connectivity index (χ3n) is 3.38. The Balaban J connectivity index is 2.29. The van der Waals surface area contributed by atoms with Gasteiger partial charge in [-0.2, -0.15) is 0 Å². The maximum Gasteiger partial charge on any atom is 0.237 e. The number of aromatic nitrogens is 1. The van der Waals surface area contributed by atoms with Gasteiger partial charge in [-0.3, -0.25) is 4.79 Å². The summed E-state index contributed by atoms with van der Waals surface area (Å²) in [5, 5.41) is 0. The molecule has 1 aromatic rings. The first-order valence-corrected chi connectivity index (χ1v) is 7.04. The molecular weight excluding hydrogens is 294 g/mol. The minimum Gasteiger partial charge on any atom is -0.368 e. The third kappa shape index (κ3) is 3.02. The van der Waals surface area contributed by atoms with Crippen LogP contribution in [0.3, 0.4) is 0 Å². The Morgan fingerprint density at radius 2 is 2.22 bits per heavy atom. The molecule has 0 aromatic carbocycles. The number of pyridine rings is 1. The quantitative estimate of drug-likeness (QED) is 0.928. The summed E-state index contributed by atoms with van der Waals surface area (Å²) in [5.74, 6) is 0.579. The van der Waals surface area contributed by atoms with Crippen LogP contribution >= 0.6 is 15.9 Å². The molecule has 1 aliphatic rings. The maximum absolute atomic E-state index is 11.3. The Kier molecular flexibility index (Phi) is 4.22. The predicted molar refractivity (Wildman–Crippen MR) is 75.5 cm³/mol. The van der Waals surface area contributed by atoms with Crippen LogP contribution in [0, 0.1) is 6.92 Å². The second-order valence-electron chi connectivity index (χ2n) is 4.83. The summed E-state index contributed by atoms with van der Waals surface area (Å²) >= 11 is 3.41. The van der Waals surface area contributed by atoms with Crippen molar-refractivity contribution in [2.24, 2.45) is 5.73 Å². The van der Waals surface area contributed by atoms with Crippen LogP contribution in [0.25, 0.3) is 0 Å². The zero-order valence-corrected chi connectivity index (χ0v) is 12.1. The molecule has 5 heteroatoms. The first-order chi connectivity index (χ1) is 8.58. The Bertz CT molecular complexity index is 444. The van der Waals surface area contributed by atoms with Gasteiger partial charge in [0.2, 0.25) is 5.91 Å². The van der Waals surface area contributed by atoms with Gasteiger partial charge in [-0.15, -0.1) is 0 Å². The first-order valence-electron chi connectivity index (χ1n) is 6.25. The van der Waals surface area contributed by atoms with E-state index in [9.17, 15) is 4.79 Å². The molecule has 2 rings (SSSR count). The number of nitrogens with zero attached hydrogens (tertiary/aromatic N) is 2. The highest BCUT2D eigenvalue weighted by Crippen LogP contribution is 2.29. The van der Waals surface area contributed by atoms with Crippen molar-refractivity contribution in [2.75, 3.05) is 11.4 Å². The highest BCUT2D eigenvalue weighted by atomic mass is 79.9. The van der Waals surface area contributed by atoms with Gasteiger partial charge in [0.15, 0.2) is 0 Å². The lowest BCUT2D eigenvalue weighted by Gasteiger charge is -2.30. The van der Waals surface area contributed by atoms with Gasteiger partial charge in [0, 0.05) is 16.7 Å². The van der Waals surface area contributed by atoms with Crippen LogP contribution in [0.4, 0.5) is 5.82 Å². The normalized spacial score (nSPS) is 15.9. The van der Waals surface area contributed by atoms with E-state index in [2.05, 4.69) is 25.8 Å². The number of halogens is 1. The molecule has 1 fully saturated rings. The zero-order valence-electron chi connectivity index (χ0n) is 10.5. The number of amides is 1. The van der Waals surface area contributed by atoms with Crippen molar-refractivity contribution >= 4 is 27.7 Å². The van der Waals surface area contributed by atoms with Gasteiger partial charge in [0.05, 0.1) is 6.54 Å². The van der Waals surface area contributed by atoms with Crippen molar-refractivity contribution in [1.82, 2.24) is 4.98 Å². The summed E-state index contributed by atoms with van der Waals surface area (Å²) in [5.41, 5.74) is 6.43. The summed E-state index contributed by atoms with van der Waals surface area (Å²) in [6.07, 6.45) is 6.44. The Morgan fingerprint density at radius 1 is 1.56 bits per heavy atom. The monoisotopic (exact) mass is 311 g/mol. The van der Waals surface area contributed by atoms with Gasteiger partial charge in [-0.25, -0.2) is 4.98 Å². The van der Waals surface area contributed by atoms with E-state index >= 15 is 0 Å². The van der Waals surface area contributed by atoms with E-state index < -0.39 is 0 Å². The van der Waals surface area contributed by atoms with Crippen LogP contribution in [0.1, 0.15) is 31.2 Å². The summed E-state index contributed by atoms with van der Waals surface area (Å²) in [6.45, 7) is 2.26. The van der Waals surface area contributed by atoms with Gasteiger partial charge in [0.1, 0.15) is 5.82 Å². The number of hydrogen-bond acceptors (Lipinski definition) is 3. The minimum absolute atomic E-state index is 0.250. The lowest BCUT2D eigenvalue weighted by molar-refractivity contribution is -0.116. The van der Waals surface area contributed by atoms with E-state index in [1.807, 2.05) is 13.0 Å². The van der Waals surface area contributed by atoms with Gasteiger partial charge >= 0.3 is 0 Å². The molecule has 0 spiro atoms. The fourth-order valence-electron chi connectivity index (χ4n) is 2.59. The number of rotatable bonds is 4. The van der Waals surface area contributed by atoms with E-state index in [0.717, 1.165) is 28.7 Å². The number of carbonyl (C=O) groups excluding carboxylic acids is 1. The predicted octanol–water partition coefficient (Wildman–Crippen LogP) is 2.39. The van der Waals surface area contributed by atoms with Crippen LogP contribution in [-0.2, 0) is 4.79 Å². The van der Waals surface area contributed by atoms with Gasteiger partial charge in [-0.05, 0) is 47.3 Å². The smallest absolute Gasteiger partial charge is 0.237 e. The Hall–Kier alpha value is -1.10. The number of carbonyl (C=O) groups is 1. The fourth-order valence-corrected chi connectivity index (χ4v) is 3.04. The van der Waals surface area contributed by atoms with E-state index in [1.54, 1.807) is 6.20 Å². The van der Waals surface area contributed by atoms with Crippen LogP contribution in [-0.4, -0.2) is 23.5 Å². The molecule has 1 amide bonds. The number of hydrogen-bond donors (Lipinski definition) is 1. The molecule has 0 radical (unpaired) electrons. The van der Waals surface area contributed by atoms with E-state index in [1.165, 1.54) is 12.8 Å². The number of aryl methyl sites for hydroxylation is 1. The van der Waals surface area contributed by atoms with Crippen LogP contribution in [0.15, 0.2) is 16.7 Å². The third-order valence-corrected chi connectivity index (χ3v) is 3.81. The average Bonchev–Trinajstić information content (AvgIpc) is 2.79. The van der Waals surface area contributed by atoms with Crippen molar-refractivity contribution in [2.45, 2.75) is 38.6 Å². The van der Waals surface area contributed by atoms with E-state index in [4.69, 9.17) is 5.73 Å². The lowest BCUT2D eigenvalue weighted by Crippen LogP contribution is -2.41. The van der Waals surface area contributed by atoms with Crippen molar-refractivity contribution in [1.29, 1.82) is 0 Å². The SMILES string of the molecule is Cc1cc(Br)cnc1N(CC(N)=O)C1CCCC1. The van der Waals surface area contributed by atoms with Crippen LogP contribution in [0.2, 0.25) is 0 Å². The molecule has 1 heterocycles. The van der Waals surface area contributed by atoms with Crippen LogP contribution < -0.4 is 10.6 Å². The van der Waals surface area contributed by atoms with Crippen molar-refractivity contribution < 1.29 is 4.79 Å². The molecule has 4 nitrogen and oxygen atoms in total. The van der Waals surface area contributed by atoms with Gasteiger partial charge in [0.25, 0.3) is 0 Å². The second-order valence-corrected chi connectivity index (χ2v) is 5.74. The number of nitrogens with two attached hydrogens (primary N) is 1. The largest absolute Gasteiger partial charge is 0.368 e. The molecule has 1 aromatic heterocycles. The summed E-state index contributed by atoms with van der Waals surface area (Å²) < 4.78 is 0.953. The Morgan fingerprint density at radius 3 is 2.78 bits per heavy atom. The first kappa shape index (κ1) is 13.3. The van der Waals surface area contributed by atoms with Gasteiger partial charge in [-0.1, -0.05) is 12.8 Å². The average molecular weight is 312 g/mol. The van der Waals surface area contributed by atoms with E-state index in [-0.39, 0.29) is 12.5 Å². The molecule has 0 unspecified atom stereocenters. The van der Waals surface area contributed by atoms with E-state index in [0.29, 0.717) is 6.04 Å². The fraction of sp³-hybridized carbons (Fsp3) is 0.538.